The van der Waals surface area contributed by atoms with Crippen LogP contribution in [0, 0.1) is 0 Å². The molecule has 1 aliphatic heterocycles. The average Bonchev–Trinajstić information content (AvgIpc) is 3.02. The zero-order valence-corrected chi connectivity index (χ0v) is 13.7. The summed E-state index contributed by atoms with van der Waals surface area (Å²) in [5.74, 6) is 2.18. The normalized spacial score (nSPS) is 18.3. The van der Waals surface area contributed by atoms with Crippen LogP contribution in [0.15, 0.2) is 35.1 Å². The van der Waals surface area contributed by atoms with E-state index in [0.29, 0.717) is 12.5 Å². The average molecular weight is 313 g/mol. The van der Waals surface area contributed by atoms with E-state index in [9.17, 15) is 4.79 Å². The van der Waals surface area contributed by atoms with Gasteiger partial charge in [-0.1, -0.05) is 25.1 Å². The summed E-state index contributed by atoms with van der Waals surface area (Å²) in [5, 5.41) is 0. The number of ether oxygens (including phenoxy) is 1. The topological polar surface area (TPSA) is 58.2 Å². The van der Waals surface area contributed by atoms with Crippen LogP contribution >= 0.6 is 0 Å². The molecule has 1 aromatic heterocycles. The molecule has 0 bridgehead atoms. The molecule has 2 heterocycles. The van der Waals surface area contributed by atoms with Crippen molar-refractivity contribution in [1.29, 1.82) is 0 Å². The van der Waals surface area contributed by atoms with Gasteiger partial charge in [-0.25, -0.2) is 4.98 Å². The summed E-state index contributed by atoms with van der Waals surface area (Å²) in [6.45, 7) is 4.66. The minimum Gasteiger partial charge on any atom is -0.496 e. The van der Waals surface area contributed by atoms with Gasteiger partial charge in [-0.2, -0.15) is 0 Å². The molecule has 0 spiro atoms. The SMILES string of the molecule is CCc1cc(=O)[nH]c(CN2CC[C@@H](c3ccccc3OC)C2)n1. The molecule has 5 nitrogen and oxygen atoms in total. The Morgan fingerprint density at radius 1 is 1.39 bits per heavy atom. The van der Waals surface area contributed by atoms with Crippen LogP contribution < -0.4 is 10.3 Å². The maximum atomic E-state index is 11.7. The van der Waals surface area contributed by atoms with Gasteiger partial charge in [0.25, 0.3) is 5.56 Å². The number of aromatic amines is 1. The van der Waals surface area contributed by atoms with E-state index in [1.54, 1.807) is 13.2 Å². The molecule has 1 fully saturated rings. The molecule has 0 aliphatic carbocycles. The lowest BCUT2D eigenvalue weighted by Gasteiger charge is -2.17. The third-order valence-corrected chi connectivity index (χ3v) is 4.43. The second kappa shape index (κ2) is 6.96. The number of H-pyrrole nitrogens is 1. The summed E-state index contributed by atoms with van der Waals surface area (Å²) in [6, 6.07) is 9.79. The summed E-state index contributed by atoms with van der Waals surface area (Å²) in [7, 11) is 1.72. The summed E-state index contributed by atoms with van der Waals surface area (Å²) in [6.07, 6.45) is 1.87. The lowest BCUT2D eigenvalue weighted by Crippen LogP contribution is -2.24. The van der Waals surface area contributed by atoms with Gasteiger partial charge in [0.15, 0.2) is 0 Å². The van der Waals surface area contributed by atoms with Crippen molar-refractivity contribution in [2.24, 2.45) is 0 Å². The van der Waals surface area contributed by atoms with Crippen molar-refractivity contribution in [2.45, 2.75) is 32.2 Å². The maximum absolute atomic E-state index is 11.7. The number of nitrogens with one attached hydrogen (secondary N) is 1. The second-order valence-electron chi connectivity index (χ2n) is 6.00. The van der Waals surface area contributed by atoms with Crippen LogP contribution in [0.3, 0.4) is 0 Å². The molecule has 1 N–H and O–H groups in total. The maximum Gasteiger partial charge on any atom is 0.251 e. The predicted octanol–water partition coefficient (Wildman–Crippen LogP) is 2.33. The number of likely N-dealkylation sites (tertiary alicyclic amines) is 1. The van der Waals surface area contributed by atoms with Crippen molar-refractivity contribution < 1.29 is 4.74 Å². The molecule has 1 aliphatic rings. The number of para-hydroxylation sites is 1. The summed E-state index contributed by atoms with van der Waals surface area (Å²) < 4.78 is 5.48. The molecule has 0 radical (unpaired) electrons. The van der Waals surface area contributed by atoms with Gasteiger partial charge in [0, 0.05) is 24.2 Å². The number of hydrogen-bond acceptors (Lipinski definition) is 4. The Bertz CT molecular complexity index is 726. The standard InChI is InChI=1S/C18H23N3O2/c1-3-14-10-18(22)20-17(19-14)12-21-9-8-13(11-21)15-6-4-5-7-16(15)23-2/h4-7,10,13H,3,8-9,11-12H2,1-2H3,(H,19,20,22)/t13-/m1/s1. The van der Waals surface area contributed by atoms with Crippen LogP contribution in [0.4, 0.5) is 0 Å². The highest BCUT2D eigenvalue weighted by Crippen LogP contribution is 2.33. The minimum absolute atomic E-state index is 0.0627. The van der Waals surface area contributed by atoms with E-state index in [-0.39, 0.29) is 5.56 Å². The Kier molecular flexibility index (Phi) is 4.76. The zero-order chi connectivity index (χ0) is 16.2. The van der Waals surface area contributed by atoms with Gasteiger partial charge >= 0.3 is 0 Å². The number of benzene rings is 1. The first-order valence-corrected chi connectivity index (χ1v) is 8.14. The largest absolute Gasteiger partial charge is 0.496 e. The van der Waals surface area contributed by atoms with Crippen molar-refractivity contribution in [1.82, 2.24) is 14.9 Å². The molecule has 2 aromatic rings. The number of rotatable bonds is 5. The molecule has 1 saturated heterocycles. The Hall–Kier alpha value is -2.14. The summed E-state index contributed by atoms with van der Waals surface area (Å²) >= 11 is 0. The van der Waals surface area contributed by atoms with E-state index in [1.807, 2.05) is 19.1 Å². The molecule has 23 heavy (non-hydrogen) atoms. The zero-order valence-electron chi connectivity index (χ0n) is 13.7. The first kappa shape index (κ1) is 15.7. The van der Waals surface area contributed by atoms with Crippen LogP contribution in [0.25, 0.3) is 0 Å². The number of aryl methyl sites for hydroxylation is 1. The van der Waals surface area contributed by atoms with E-state index in [1.165, 1.54) is 5.56 Å². The van der Waals surface area contributed by atoms with Crippen LogP contribution in [-0.4, -0.2) is 35.1 Å². The minimum atomic E-state index is -0.0627. The van der Waals surface area contributed by atoms with Gasteiger partial charge in [-0.05, 0) is 31.0 Å². The quantitative estimate of drug-likeness (QED) is 0.920. The van der Waals surface area contributed by atoms with Crippen molar-refractivity contribution >= 4 is 0 Å². The summed E-state index contributed by atoms with van der Waals surface area (Å²) in [5.41, 5.74) is 2.05. The fourth-order valence-corrected chi connectivity index (χ4v) is 3.26. The molecule has 0 unspecified atom stereocenters. The Morgan fingerprint density at radius 2 is 2.22 bits per heavy atom. The Morgan fingerprint density at radius 3 is 3.00 bits per heavy atom. The van der Waals surface area contributed by atoms with Crippen molar-refractivity contribution in [3.63, 3.8) is 0 Å². The van der Waals surface area contributed by atoms with Gasteiger partial charge < -0.3 is 9.72 Å². The van der Waals surface area contributed by atoms with Gasteiger partial charge in [-0.3, -0.25) is 9.69 Å². The molecule has 1 atom stereocenters. The number of methoxy groups -OCH3 is 1. The first-order chi connectivity index (χ1) is 11.2. The highest BCUT2D eigenvalue weighted by atomic mass is 16.5. The van der Waals surface area contributed by atoms with Gasteiger partial charge in [0.2, 0.25) is 0 Å². The molecular formula is C18H23N3O2. The molecule has 1 aromatic carbocycles. The predicted molar refractivity (Wildman–Crippen MR) is 89.9 cm³/mol. The number of hydrogen-bond donors (Lipinski definition) is 1. The lowest BCUT2D eigenvalue weighted by molar-refractivity contribution is 0.316. The Balaban J connectivity index is 1.71. The third kappa shape index (κ3) is 3.62. The van der Waals surface area contributed by atoms with Gasteiger partial charge in [-0.15, -0.1) is 0 Å². The third-order valence-electron chi connectivity index (χ3n) is 4.43. The monoisotopic (exact) mass is 313 g/mol. The fraction of sp³-hybridized carbons (Fsp3) is 0.444. The van der Waals surface area contributed by atoms with Crippen LogP contribution in [-0.2, 0) is 13.0 Å². The van der Waals surface area contributed by atoms with Crippen molar-refractivity contribution in [3.8, 4) is 5.75 Å². The van der Waals surface area contributed by atoms with E-state index in [4.69, 9.17) is 4.74 Å². The van der Waals surface area contributed by atoms with Gasteiger partial charge in [0.1, 0.15) is 11.6 Å². The first-order valence-electron chi connectivity index (χ1n) is 8.14. The van der Waals surface area contributed by atoms with Crippen LogP contribution in [0.2, 0.25) is 0 Å². The number of nitrogens with zero attached hydrogens (tertiary/aromatic N) is 2. The summed E-state index contributed by atoms with van der Waals surface area (Å²) in [4.78, 5) is 21.4. The lowest BCUT2D eigenvalue weighted by atomic mass is 9.97. The van der Waals surface area contributed by atoms with E-state index in [0.717, 1.165) is 43.2 Å². The molecule has 5 heteroatoms. The van der Waals surface area contributed by atoms with E-state index >= 15 is 0 Å². The van der Waals surface area contributed by atoms with Gasteiger partial charge in [0.05, 0.1) is 13.7 Å². The molecule has 3 rings (SSSR count). The number of aromatic nitrogens is 2. The molecular weight excluding hydrogens is 290 g/mol. The molecule has 0 saturated carbocycles. The second-order valence-corrected chi connectivity index (χ2v) is 6.00. The van der Waals surface area contributed by atoms with Crippen molar-refractivity contribution in [2.75, 3.05) is 20.2 Å². The van der Waals surface area contributed by atoms with Crippen LogP contribution in [0.5, 0.6) is 5.75 Å². The highest BCUT2D eigenvalue weighted by Gasteiger charge is 2.26. The fourth-order valence-electron chi connectivity index (χ4n) is 3.26. The van der Waals surface area contributed by atoms with Crippen LogP contribution in [0.1, 0.15) is 36.3 Å². The highest BCUT2D eigenvalue weighted by molar-refractivity contribution is 5.37. The smallest absolute Gasteiger partial charge is 0.251 e. The van der Waals surface area contributed by atoms with Crippen molar-refractivity contribution in [3.05, 3.63) is 57.8 Å². The van der Waals surface area contributed by atoms with E-state index < -0.39 is 0 Å². The molecule has 122 valence electrons. The molecule has 0 amide bonds. The van der Waals surface area contributed by atoms with E-state index in [2.05, 4.69) is 27.0 Å². The Labute approximate surface area is 136 Å².